The first-order valence-corrected chi connectivity index (χ1v) is 6.23. The van der Waals surface area contributed by atoms with Crippen molar-refractivity contribution in [1.29, 1.82) is 0 Å². The summed E-state index contributed by atoms with van der Waals surface area (Å²) in [6.45, 7) is 9.25. The molecule has 1 aromatic rings. The minimum atomic E-state index is -0.160. The maximum atomic E-state index is 9.64. The van der Waals surface area contributed by atoms with Crippen molar-refractivity contribution in [2.24, 2.45) is 0 Å². The van der Waals surface area contributed by atoms with Gasteiger partial charge in [-0.25, -0.2) is 0 Å². The average molecular weight is 235 g/mol. The van der Waals surface area contributed by atoms with Gasteiger partial charge in [0.05, 0.1) is 18.3 Å². The van der Waals surface area contributed by atoms with Crippen LogP contribution in [-0.2, 0) is 13.1 Å². The predicted octanol–water partition coefficient (Wildman–Crippen LogP) is 1.33. The van der Waals surface area contributed by atoms with Gasteiger partial charge in [0.15, 0.2) is 0 Å². The third-order valence-corrected chi connectivity index (χ3v) is 3.24. The molecule has 94 valence electrons. The third-order valence-electron chi connectivity index (χ3n) is 3.24. The summed E-state index contributed by atoms with van der Waals surface area (Å²) >= 11 is 0. The van der Waals surface area contributed by atoms with Crippen molar-refractivity contribution >= 4 is 0 Å². The average Bonchev–Trinajstić information content (AvgIpc) is 2.60. The van der Waals surface area contributed by atoms with E-state index in [-0.39, 0.29) is 6.10 Å². The second-order valence-corrected chi connectivity index (χ2v) is 4.78. The highest BCUT2D eigenvalue weighted by atomic mass is 16.3. The number of likely N-dealkylation sites (tertiary alicyclic amines) is 1. The summed E-state index contributed by atoms with van der Waals surface area (Å²) in [5.74, 6) is 0. The Hall–Kier alpha value is -1.13. The van der Waals surface area contributed by atoms with Gasteiger partial charge in [0.1, 0.15) is 0 Å². The van der Waals surface area contributed by atoms with Gasteiger partial charge in [-0.2, -0.15) is 5.10 Å². The molecule has 0 saturated carbocycles. The Bertz CT molecular complexity index is 386. The second-order valence-electron chi connectivity index (χ2n) is 4.78. The highest BCUT2D eigenvalue weighted by Crippen LogP contribution is 2.15. The summed E-state index contributed by atoms with van der Waals surface area (Å²) in [5, 5.41) is 14.1. The van der Waals surface area contributed by atoms with Gasteiger partial charge in [0.2, 0.25) is 0 Å². The van der Waals surface area contributed by atoms with Crippen LogP contribution in [0.15, 0.2) is 18.9 Å². The van der Waals surface area contributed by atoms with Gasteiger partial charge in [0, 0.05) is 24.8 Å². The zero-order valence-corrected chi connectivity index (χ0v) is 10.5. The van der Waals surface area contributed by atoms with Crippen molar-refractivity contribution in [3.63, 3.8) is 0 Å². The zero-order valence-electron chi connectivity index (χ0n) is 10.5. The standard InChI is InChI=1S/C13H21N3O/c1-3-6-16-9-12(11(2)14-16)8-15-7-4-5-13(17)10-15/h3,9,13,17H,1,4-8,10H2,2H3/t13-/m1/s1. The number of hydrogen-bond acceptors (Lipinski definition) is 3. The first kappa shape index (κ1) is 12.3. The van der Waals surface area contributed by atoms with Crippen LogP contribution in [0.5, 0.6) is 0 Å². The van der Waals surface area contributed by atoms with Crippen LogP contribution in [0.1, 0.15) is 24.1 Å². The van der Waals surface area contributed by atoms with Crippen LogP contribution in [0.2, 0.25) is 0 Å². The molecule has 1 N–H and O–H groups in total. The molecule has 1 aliphatic heterocycles. The highest BCUT2D eigenvalue weighted by Gasteiger charge is 2.18. The molecular weight excluding hydrogens is 214 g/mol. The number of hydrogen-bond donors (Lipinski definition) is 1. The number of aliphatic hydroxyl groups excluding tert-OH is 1. The molecule has 0 aromatic carbocycles. The molecule has 0 spiro atoms. The Morgan fingerprint density at radius 2 is 2.47 bits per heavy atom. The molecule has 4 heteroatoms. The topological polar surface area (TPSA) is 41.3 Å². The summed E-state index contributed by atoms with van der Waals surface area (Å²) in [6.07, 6.45) is 5.79. The molecule has 1 aliphatic rings. The van der Waals surface area contributed by atoms with Crippen molar-refractivity contribution in [3.05, 3.63) is 30.1 Å². The van der Waals surface area contributed by atoms with Crippen LogP contribution < -0.4 is 0 Å². The van der Waals surface area contributed by atoms with E-state index in [4.69, 9.17) is 0 Å². The lowest BCUT2D eigenvalue weighted by atomic mass is 10.1. The Kier molecular flexibility index (Phi) is 3.97. The fraction of sp³-hybridized carbons (Fsp3) is 0.615. The summed E-state index contributed by atoms with van der Waals surface area (Å²) in [7, 11) is 0. The third kappa shape index (κ3) is 3.17. The molecule has 0 amide bonds. The normalized spacial score (nSPS) is 21.6. The first-order valence-electron chi connectivity index (χ1n) is 6.23. The smallest absolute Gasteiger partial charge is 0.0667 e. The maximum Gasteiger partial charge on any atom is 0.0667 e. The monoisotopic (exact) mass is 235 g/mol. The quantitative estimate of drug-likeness (QED) is 0.801. The molecular formula is C13H21N3O. The van der Waals surface area contributed by atoms with E-state index in [2.05, 4.69) is 22.8 Å². The van der Waals surface area contributed by atoms with E-state index in [0.29, 0.717) is 0 Å². The molecule has 1 aromatic heterocycles. The minimum absolute atomic E-state index is 0.160. The lowest BCUT2D eigenvalue weighted by Crippen LogP contribution is -2.37. The fourth-order valence-corrected chi connectivity index (χ4v) is 2.36. The number of allylic oxidation sites excluding steroid dienone is 1. The second kappa shape index (κ2) is 5.47. The van der Waals surface area contributed by atoms with Crippen LogP contribution in [0.3, 0.4) is 0 Å². The lowest BCUT2D eigenvalue weighted by Gasteiger charge is -2.29. The van der Waals surface area contributed by atoms with Gasteiger partial charge >= 0.3 is 0 Å². The largest absolute Gasteiger partial charge is 0.392 e. The van der Waals surface area contributed by atoms with Crippen LogP contribution >= 0.6 is 0 Å². The predicted molar refractivity (Wildman–Crippen MR) is 67.7 cm³/mol. The number of β-amino-alcohol motifs (C(OH)–C–C–N with tert-alkyl or cyclic N) is 1. The maximum absolute atomic E-state index is 9.64. The van der Waals surface area contributed by atoms with E-state index in [1.54, 1.807) is 0 Å². The first-order chi connectivity index (χ1) is 8.19. The number of aryl methyl sites for hydroxylation is 1. The molecule has 1 atom stereocenters. The molecule has 4 nitrogen and oxygen atoms in total. The molecule has 17 heavy (non-hydrogen) atoms. The zero-order chi connectivity index (χ0) is 12.3. The molecule has 0 aliphatic carbocycles. The number of rotatable bonds is 4. The fourth-order valence-electron chi connectivity index (χ4n) is 2.36. The Morgan fingerprint density at radius 3 is 3.18 bits per heavy atom. The van der Waals surface area contributed by atoms with Gasteiger partial charge in [-0.15, -0.1) is 6.58 Å². The van der Waals surface area contributed by atoms with Crippen molar-refractivity contribution in [2.45, 2.75) is 39.0 Å². The van der Waals surface area contributed by atoms with Crippen LogP contribution in [0, 0.1) is 6.92 Å². The molecule has 0 unspecified atom stereocenters. The molecule has 2 heterocycles. The lowest BCUT2D eigenvalue weighted by molar-refractivity contribution is 0.0667. The summed E-state index contributed by atoms with van der Waals surface area (Å²) < 4.78 is 1.91. The molecule has 1 fully saturated rings. The van der Waals surface area contributed by atoms with E-state index in [1.165, 1.54) is 5.56 Å². The number of piperidine rings is 1. The molecule has 1 saturated heterocycles. The Balaban J connectivity index is 1.99. The van der Waals surface area contributed by atoms with Crippen LogP contribution in [0.4, 0.5) is 0 Å². The van der Waals surface area contributed by atoms with Crippen LogP contribution in [-0.4, -0.2) is 39.0 Å². The van der Waals surface area contributed by atoms with Gasteiger partial charge in [-0.1, -0.05) is 6.08 Å². The minimum Gasteiger partial charge on any atom is -0.392 e. The SMILES string of the molecule is C=CCn1cc(CN2CCC[C@@H](O)C2)c(C)n1. The van der Waals surface area contributed by atoms with E-state index in [0.717, 1.165) is 44.7 Å². The van der Waals surface area contributed by atoms with Gasteiger partial charge in [-0.05, 0) is 26.3 Å². The summed E-state index contributed by atoms with van der Waals surface area (Å²) in [6, 6.07) is 0. The van der Waals surface area contributed by atoms with Crippen LogP contribution in [0.25, 0.3) is 0 Å². The van der Waals surface area contributed by atoms with Gasteiger partial charge < -0.3 is 5.11 Å². The van der Waals surface area contributed by atoms with E-state index >= 15 is 0 Å². The Labute approximate surface area is 103 Å². The van der Waals surface area contributed by atoms with Gasteiger partial charge in [0.25, 0.3) is 0 Å². The number of aromatic nitrogens is 2. The Morgan fingerprint density at radius 1 is 1.65 bits per heavy atom. The summed E-state index contributed by atoms with van der Waals surface area (Å²) in [4.78, 5) is 2.30. The van der Waals surface area contributed by atoms with Crippen molar-refractivity contribution in [2.75, 3.05) is 13.1 Å². The highest BCUT2D eigenvalue weighted by molar-refractivity contribution is 5.15. The number of nitrogens with zero attached hydrogens (tertiary/aromatic N) is 3. The van der Waals surface area contributed by atoms with Crippen molar-refractivity contribution in [1.82, 2.24) is 14.7 Å². The molecule has 0 bridgehead atoms. The summed E-state index contributed by atoms with van der Waals surface area (Å²) in [5.41, 5.74) is 2.33. The van der Waals surface area contributed by atoms with E-state index in [1.807, 2.05) is 17.7 Å². The van der Waals surface area contributed by atoms with E-state index in [9.17, 15) is 5.11 Å². The van der Waals surface area contributed by atoms with Gasteiger partial charge in [-0.3, -0.25) is 9.58 Å². The molecule has 2 rings (SSSR count). The van der Waals surface area contributed by atoms with Crippen molar-refractivity contribution < 1.29 is 5.11 Å². The van der Waals surface area contributed by atoms with E-state index < -0.39 is 0 Å². The van der Waals surface area contributed by atoms with Crippen molar-refractivity contribution in [3.8, 4) is 0 Å². The molecule has 0 radical (unpaired) electrons. The number of aliphatic hydroxyl groups is 1.